The fraction of sp³-hybridized carbons (Fsp3) is 0.286. The van der Waals surface area contributed by atoms with Gasteiger partial charge in [-0.1, -0.05) is 0 Å². The highest BCUT2D eigenvalue weighted by molar-refractivity contribution is 5.49. The third-order valence-corrected chi connectivity index (χ3v) is 1.67. The van der Waals surface area contributed by atoms with Crippen molar-refractivity contribution >= 4 is 5.69 Å². The molecular weight excluding hydrogens is 212 g/mol. The van der Waals surface area contributed by atoms with Gasteiger partial charge in [0.05, 0.1) is 10.6 Å². The van der Waals surface area contributed by atoms with Crippen molar-refractivity contribution in [2.24, 2.45) is 5.73 Å². The standard InChI is InChI=1S/C7H7F2N3O3/c8-7(9)5-6(13)4(12(14)15)1-3(2-10)11-5/h1,7,13H,2,10H2. The van der Waals surface area contributed by atoms with Crippen LogP contribution in [0.3, 0.4) is 0 Å². The van der Waals surface area contributed by atoms with Crippen molar-refractivity contribution in [3.63, 3.8) is 0 Å². The molecule has 0 amide bonds. The predicted octanol–water partition coefficient (Wildman–Crippen LogP) is 1.09. The highest BCUT2D eigenvalue weighted by Gasteiger charge is 2.25. The van der Waals surface area contributed by atoms with Crippen LogP contribution in [0.2, 0.25) is 0 Å². The minimum atomic E-state index is -3.09. The van der Waals surface area contributed by atoms with E-state index in [0.717, 1.165) is 6.07 Å². The SMILES string of the molecule is NCc1cc([N+](=O)[O-])c(O)c(C(F)F)n1. The molecule has 0 fully saturated rings. The Morgan fingerprint density at radius 2 is 2.27 bits per heavy atom. The van der Waals surface area contributed by atoms with Gasteiger partial charge in [0.25, 0.3) is 6.43 Å². The van der Waals surface area contributed by atoms with Crippen LogP contribution in [0.1, 0.15) is 17.8 Å². The van der Waals surface area contributed by atoms with Gasteiger partial charge >= 0.3 is 5.69 Å². The highest BCUT2D eigenvalue weighted by Crippen LogP contribution is 2.34. The van der Waals surface area contributed by atoms with Gasteiger partial charge in [0.15, 0.2) is 5.69 Å². The monoisotopic (exact) mass is 219 g/mol. The van der Waals surface area contributed by atoms with Gasteiger partial charge in [0.1, 0.15) is 0 Å². The Labute approximate surface area is 82.5 Å². The molecule has 15 heavy (non-hydrogen) atoms. The van der Waals surface area contributed by atoms with E-state index in [1.165, 1.54) is 0 Å². The van der Waals surface area contributed by atoms with E-state index >= 15 is 0 Å². The Hall–Kier alpha value is -1.83. The zero-order valence-electron chi connectivity index (χ0n) is 7.35. The fourth-order valence-electron chi connectivity index (χ4n) is 0.993. The molecule has 3 N–H and O–H groups in total. The zero-order valence-corrected chi connectivity index (χ0v) is 7.35. The quantitative estimate of drug-likeness (QED) is 0.585. The van der Waals surface area contributed by atoms with E-state index in [9.17, 15) is 18.9 Å². The Bertz CT molecular complexity index is 397. The van der Waals surface area contributed by atoms with Crippen molar-refractivity contribution in [3.8, 4) is 5.75 Å². The van der Waals surface area contributed by atoms with E-state index in [-0.39, 0.29) is 12.2 Å². The van der Waals surface area contributed by atoms with Crippen LogP contribution in [0.25, 0.3) is 0 Å². The van der Waals surface area contributed by atoms with E-state index in [4.69, 9.17) is 10.8 Å². The summed E-state index contributed by atoms with van der Waals surface area (Å²) in [6.45, 7) is -0.221. The van der Waals surface area contributed by atoms with E-state index in [1.807, 2.05) is 0 Å². The Morgan fingerprint density at radius 3 is 2.67 bits per heavy atom. The van der Waals surface area contributed by atoms with Crippen LogP contribution >= 0.6 is 0 Å². The normalized spacial score (nSPS) is 10.7. The van der Waals surface area contributed by atoms with Crippen LogP contribution in [-0.2, 0) is 6.54 Å². The molecule has 0 saturated heterocycles. The summed E-state index contributed by atoms with van der Waals surface area (Å²) < 4.78 is 24.6. The second-order valence-corrected chi connectivity index (χ2v) is 2.63. The van der Waals surface area contributed by atoms with E-state index in [1.54, 1.807) is 0 Å². The molecule has 8 heteroatoms. The number of aromatic hydroxyl groups is 1. The number of rotatable bonds is 3. The molecule has 1 aromatic heterocycles. The van der Waals surface area contributed by atoms with Crippen molar-refractivity contribution in [1.29, 1.82) is 0 Å². The lowest BCUT2D eigenvalue weighted by atomic mass is 10.2. The number of halogens is 2. The van der Waals surface area contributed by atoms with Gasteiger partial charge in [-0.25, -0.2) is 13.8 Å². The maximum atomic E-state index is 12.3. The summed E-state index contributed by atoms with van der Waals surface area (Å²) in [5, 5.41) is 19.5. The molecule has 6 nitrogen and oxygen atoms in total. The number of pyridine rings is 1. The molecule has 0 aliphatic heterocycles. The molecule has 0 radical (unpaired) electrons. The number of hydrogen-bond donors (Lipinski definition) is 2. The van der Waals surface area contributed by atoms with Gasteiger partial charge in [-0.3, -0.25) is 10.1 Å². The first-order valence-electron chi connectivity index (χ1n) is 3.82. The molecule has 0 saturated carbocycles. The molecular formula is C7H7F2N3O3. The molecule has 0 spiro atoms. The fourth-order valence-corrected chi connectivity index (χ4v) is 0.993. The summed E-state index contributed by atoms with van der Waals surface area (Å²) in [7, 11) is 0. The largest absolute Gasteiger partial charge is 0.501 e. The number of nitro groups is 1. The van der Waals surface area contributed by atoms with Crippen molar-refractivity contribution in [2.45, 2.75) is 13.0 Å². The molecule has 0 unspecified atom stereocenters. The number of hydrogen-bond acceptors (Lipinski definition) is 5. The summed E-state index contributed by atoms with van der Waals surface area (Å²) in [5.41, 5.74) is 3.21. The second-order valence-electron chi connectivity index (χ2n) is 2.63. The summed E-state index contributed by atoms with van der Waals surface area (Å²) in [4.78, 5) is 12.7. The average molecular weight is 219 g/mol. The Morgan fingerprint density at radius 1 is 1.67 bits per heavy atom. The molecule has 0 atom stereocenters. The van der Waals surface area contributed by atoms with E-state index in [0.29, 0.717) is 0 Å². The van der Waals surface area contributed by atoms with E-state index < -0.39 is 28.5 Å². The summed E-state index contributed by atoms with van der Waals surface area (Å²) in [5.74, 6) is -1.12. The lowest BCUT2D eigenvalue weighted by Gasteiger charge is -2.05. The van der Waals surface area contributed by atoms with Gasteiger partial charge in [-0.2, -0.15) is 0 Å². The van der Waals surface area contributed by atoms with Crippen molar-refractivity contribution in [2.75, 3.05) is 0 Å². The number of alkyl halides is 2. The van der Waals surface area contributed by atoms with Crippen LogP contribution in [-0.4, -0.2) is 15.0 Å². The third kappa shape index (κ3) is 2.15. The highest BCUT2D eigenvalue weighted by atomic mass is 19.3. The maximum Gasteiger partial charge on any atom is 0.314 e. The second kappa shape index (κ2) is 4.13. The summed E-state index contributed by atoms with van der Waals surface area (Å²) in [6.07, 6.45) is -3.09. The van der Waals surface area contributed by atoms with Gasteiger partial charge in [0.2, 0.25) is 5.75 Å². The zero-order chi connectivity index (χ0) is 11.6. The Kier molecular flexibility index (Phi) is 3.10. The maximum absolute atomic E-state index is 12.3. The third-order valence-electron chi connectivity index (χ3n) is 1.67. The van der Waals surface area contributed by atoms with Crippen LogP contribution in [0.4, 0.5) is 14.5 Å². The minimum absolute atomic E-state index is 0.0743. The predicted molar refractivity (Wildman–Crippen MR) is 45.4 cm³/mol. The van der Waals surface area contributed by atoms with Gasteiger partial charge in [-0.05, 0) is 0 Å². The van der Waals surface area contributed by atoms with E-state index in [2.05, 4.69) is 4.98 Å². The molecule has 1 rings (SSSR count). The van der Waals surface area contributed by atoms with Crippen LogP contribution in [0.15, 0.2) is 6.07 Å². The average Bonchev–Trinajstić information content (AvgIpc) is 2.17. The number of nitrogens with two attached hydrogens (primary N) is 1. The molecule has 0 bridgehead atoms. The Balaban J connectivity index is 3.40. The molecule has 1 heterocycles. The van der Waals surface area contributed by atoms with Crippen LogP contribution < -0.4 is 5.73 Å². The van der Waals surface area contributed by atoms with Crippen LogP contribution in [0, 0.1) is 10.1 Å². The first-order chi connectivity index (χ1) is 6.97. The van der Waals surface area contributed by atoms with Gasteiger partial charge in [0, 0.05) is 12.6 Å². The molecule has 82 valence electrons. The first-order valence-corrected chi connectivity index (χ1v) is 3.82. The van der Waals surface area contributed by atoms with Gasteiger partial charge in [-0.15, -0.1) is 0 Å². The minimum Gasteiger partial charge on any atom is -0.501 e. The van der Waals surface area contributed by atoms with Gasteiger partial charge < -0.3 is 10.8 Å². The van der Waals surface area contributed by atoms with Crippen molar-refractivity contribution in [1.82, 2.24) is 4.98 Å². The molecule has 1 aromatic rings. The first kappa shape index (κ1) is 11.2. The lowest BCUT2D eigenvalue weighted by molar-refractivity contribution is -0.386. The smallest absolute Gasteiger partial charge is 0.314 e. The topological polar surface area (TPSA) is 102 Å². The van der Waals surface area contributed by atoms with Crippen molar-refractivity contribution < 1.29 is 18.8 Å². The number of nitrogens with zero attached hydrogens (tertiary/aromatic N) is 2. The lowest BCUT2D eigenvalue weighted by Crippen LogP contribution is -2.05. The summed E-state index contributed by atoms with van der Waals surface area (Å²) in [6, 6.07) is 0.862. The summed E-state index contributed by atoms with van der Waals surface area (Å²) >= 11 is 0. The van der Waals surface area contributed by atoms with Crippen molar-refractivity contribution in [3.05, 3.63) is 27.6 Å². The molecule has 0 aliphatic carbocycles. The number of aromatic nitrogens is 1. The molecule has 0 aromatic carbocycles. The van der Waals surface area contributed by atoms with Crippen LogP contribution in [0.5, 0.6) is 5.75 Å². The molecule has 0 aliphatic rings.